The van der Waals surface area contributed by atoms with Gasteiger partial charge in [-0.2, -0.15) is 0 Å². The minimum Gasteiger partial charge on any atom is -0.307 e. The first-order valence-corrected chi connectivity index (χ1v) is 11.7. The van der Waals surface area contributed by atoms with Crippen molar-refractivity contribution in [3.63, 3.8) is 0 Å². The molecule has 1 fully saturated rings. The zero-order valence-corrected chi connectivity index (χ0v) is 21.0. The topological polar surface area (TPSA) is 78.5 Å². The fourth-order valence-corrected chi connectivity index (χ4v) is 6.20. The van der Waals surface area contributed by atoms with Crippen LogP contribution in [0.15, 0.2) is 6.07 Å². The number of likely N-dealkylation sites (tertiary alicyclic amines) is 1. The van der Waals surface area contributed by atoms with Gasteiger partial charge in [-0.3, -0.25) is 0 Å². The first-order valence-electron chi connectivity index (χ1n) is 10.1. The number of rotatable bonds is 4. The molecular weight excluding hydrogens is 401 g/mol. The Kier molecular flexibility index (Phi) is 7.67. The summed E-state index contributed by atoms with van der Waals surface area (Å²) in [6.45, 7) is 1.82. The summed E-state index contributed by atoms with van der Waals surface area (Å²) in [5.74, 6) is 0.149. The van der Waals surface area contributed by atoms with Gasteiger partial charge < -0.3 is 10.2 Å². The number of hydrogen-bond donors (Lipinski definition) is 2. The van der Waals surface area contributed by atoms with Gasteiger partial charge in [0.2, 0.25) is 10.0 Å². The van der Waals surface area contributed by atoms with Gasteiger partial charge in [0.15, 0.2) is 0 Å². The Labute approximate surface area is 210 Å². The van der Waals surface area contributed by atoms with Crippen molar-refractivity contribution in [2.24, 2.45) is 5.92 Å². The Hall–Kier alpha value is 0.0364. The summed E-state index contributed by atoms with van der Waals surface area (Å²) in [6, 6.07) is 1.68. The average molecular weight is 431 g/mol. The van der Waals surface area contributed by atoms with Crippen LogP contribution in [0.1, 0.15) is 47.9 Å². The number of hydrogen-bond acceptors (Lipinski definition) is 4. The maximum atomic E-state index is 12.5. The van der Waals surface area contributed by atoms with E-state index in [4.69, 9.17) is 0 Å². The van der Waals surface area contributed by atoms with Crippen LogP contribution in [0.25, 0.3) is 0 Å². The number of nitrogens with zero attached hydrogens (tertiary/aromatic N) is 1. The maximum absolute atomic E-state index is 12.5. The second-order valence-electron chi connectivity index (χ2n) is 8.32. The molecule has 28 heavy (non-hydrogen) atoms. The Balaban J connectivity index is 0.00000225. The predicted octanol–water partition coefficient (Wildman–Crippen LogP) is 2.08. The van der Waals surface area contributed by atoms with Crippen molar-refractivity contribution in [2.45, 2.75) is 51.4 Å². The van der Waals surface area contributed by atoms with Gasteiger partial charge in [0.25, 0.3) is 0 Å². The number of amides is 2. The van der Waals surface area contributed by atoms with E-state index in [1.807, 2.05) is 7.05 Å². The number of sulfonamides is 1. The predicted molar refractivity (Wildman–Crippen MR) is 112 cm³/mol. The minimum atomic E-state index is -3.63. The van der Waals surface area contributed by atoms with Crippen molar-refractivity contribution in [3.8, 4) is 0 Å². The molecule has 1 aliphatic heterocycles. The van der Waals surface area contributed by atoms with Gasteiger partial charge in [-0.05, 0) is 99.7 Å². The summed E-state index contributed by atoms with van der Waals surface area (Å²) >= 11 is 0. The third-order valence-electron chi connectivity index (χ3n) is 6.25. The van der Waals surface area contributed by atoms with Gasteiger partial charge in [-0.1, -0.05) is 6.07 Å². The molecule has 2 aliphatic carbocycles. The molecule has 3 aliphatic rings. The number of carbonyl (C=O) groups excluding carboxylic acids is 1. The van der Waals surface area contributed by atoms with E-state index in [-0.39, 0.29) is 63.1 Å². The van der Waals surface area contributed by atoms with E-state index in [0.29, 0.717) is 0 Å². The van der Waals surface area contributed by atoms with Crippen molar-refractivity contribution in [2.75, 3.05) is 31.2 Å². The minimum absolute atomic E-state index is 0. The molecule has 1 aromatic rings. The smallest absolute Gasteiger partial charge is 0.307 e. The Bertz CT molecular complexity index is 816. The zero-order chi connectivity index (χ0) is 19.0. The number of benzene rings is 1. The first kappa shape index (κ1) is 22.7. The summed E-state index contributed by atoms with van der Waals surface area (Å²) in [6.07, 6.45) is 7.94. The van der Waals surface area contributed by atoms with E-state index >= 15 is 0 Å². The molecule has 2 amide bonds. The third kappa shape index (κ3) is 5.20. The molecule has 0 saturated carbocycles. The number of carbonyl (C=O) groups is 1. The summed E-state index contributed by atoms with van der Waals surface area (Å²) in [7, 11) is -1.58. The maximum Gasteiger partial charge on any atom is 0.332 e. The van der Waals surface area contributed by atoms with Crippen LogP contribution in [-0.4, -0.2) is 96.6 Å². The number of urea groups is 1. The van der Waals surface area contributed by atoms with E-state index in [9.17, 15) is 13.2 Å². The number of piperidine rings is 1. The second kappa shape index (κ2) is 9.45. The van der Waals surface area contributed by atoms with E-state index in [0.717, 1.165) is 70.1 Å². The fraction of sp³-hybridized carbons (Fsp3) is 0.650. The number of fused-ring (bicyclic) bond motifs is 2. The van der Waals surface area contributed by atoms with Gasteiger partial charge in [0.05, 0.1) is 5.75 Å². The average Bonchev–Trinajstić information content (AvgIpc) is 3.25. The van der Waals surface area contributed by atoms with Crippen LogP contribution in [0.2, 0.25) is 0 Å². The van der Waals surface area contributed by atoms with Crippen molar-refractivity contribution in [3.05, 3.63) is 28.3 Å². The first-order chi connectivity index (χ1) is 12.9. The molecule has 1 aromatic carbocycles. The molecule has 2 N–H and O–H groups in total. The summed E-state index contributed by atoms with van der Waals surface area (Å²) < 4.78 is 27.2. The third-order valence-corrected chi connectivity index (χ3v) is 7.66. The van der Waals surface area contributed by atoms with Crippen LogP contribution in [0.3, 0.4) is 0 Å². The molecule has 4 rings (SSSR count). The van der Waals surface area contributed by atoms with Gasteiger partial charge >= 0.3 is 6.03 Å². The van der Waals surface area contributed by atoms with Crippen molar-refractivity contribution in [1.82, 2.24) is 9.62 Å². The number of nitrogens with one attached hydrogen (secondary N) is 2. The van der Waals surface area contributed by atoms with E-state index in [1.165, 1.54) is 22.3 Å². The van der Waals surface area contributed by atoms with Crippen LogP contribution in [0.5, 0.6) is 0 Å². The Morgan fingerprint density at radius 2 is 1.64 bits per heavy atom. The standard InChI is InChI=1S/C20H29N3O3S.K/c1-23-10-8-14(9-11-23)13-27(25,26)22-20(24)21-19-17-6-2-4-15(17)12-16-5-3-7-18(16)19;/h12,14H,2-11,13H2,1H3,(H2,21,22,24);. The molecule has 149 valence electrons. The van der Waals surface area contributed by atoms with Crippen LogP contribution >= 0.6 is 0 Å². The van der Waals surface area contributed by atoms with E-state index in [1.54, 1.807) is 0 Å². The van der Waals surface area contributed by atoms with Crippen LogP contribution in [0, 0.1) is 5.92 Å². The van der Waals surface area contributed by atoms with Crippen molar-refractivity contribution >= 4 is 73.1 Å². The molecule has 6 nitrogen and oxygen atoms in total. The molecule has 0 spiro atoms. The zero-order valence-electron chi connectivity index (χ0n) is 17.0. The molecule has 0 bridgehead atoms. The largest absolute Gasteiger partial charge is 0.332 e. The van der Waals surface area contributed by atoms with Crippen molar-refractivity contribution in [1.29, 1.82) is 0 Å². The van der Waals surface area contributed by atoms with Crippen LogP contribution < -0.4 is 10.0 Å². The van der Waals surface area contributed by atoms with Crippen LogP contribution in [0.4, 0.5) is 10.5 Å². The molecule has 0 unspecified atom stereocenters. The normalized spacial score (nSPS) is 19.6. The molecule has 8 heteroatoms. The quantitative estimate of drug-likeness (QED) is 0.717. The SMILES string of the molecule is CN1CCC(CS(=O)(=O)NC(=O)Nc2c3c(cc4c2CCC4)CCC3)CC1.[K]. The number of anilines is 1. The van der Waals surface area contributed by atoms with Gasteiger partial charge in [0.1, 0.15) is 0 Å². The van der Waals surface area contributed by atoms with Gasteiger partial charge in [-0.15, -0.1) is 0 Å². The fourth-order valence-electron chi connectivity index (χ4n) is 4.83. The van der Waals surface area contributed by atoms with E-state index in [2.05, 4.69) is 21.0 Å². The molecule has 0 atom stereocenters. The molecule has 1 saturated heterocycles. The van der Waals surface area contributed by atoms with Gasteiger partial charge in [0, 0.05) is 57.1 Å². The second-order valence-corrected chi connectivity index (χ2v) is 10.1. The summed E-state index contributed by atoms with van der Waals surface area (Å²) in [5, 5.41) is 2.91. The molecular formula is C20H29KN3O3S. The monoisotopic (exact) mass is 430 g/mol. The van der Waals surface area contributed by atoms with Crippen molar-refractivity contribution < 1.29 is 13.2 Å². The number of aryl methyl sites for hydroxylation is 2. The van der Waals surface area contributed by atoms with Crippen LogP contribution in [-0.2, 0) is 35.7 Å². The molecule has 1 radical (unpaired) electrons. The Morgan fingerprint density at radius 1 is 1.07 bits per heavy atom. The van der Waals surface area contributed by atoms with Gasteiger partial charge in [-0.25, -0.2) is 17.9 Å². The summed E-state index contributed by atoms with van der Waals surface area (Å²) in [5.41, 5.74) is 5.93. The molecule has 1 heterocycles. The van der Waals surface area contributed by atoms with E-state index < -0.39 is 16.1 Å². The Morgan fingerprint density at radius 3 is 2.21 bits per heavy atom. The summed E-state index contributed by atoms with van der Waals surface area (Å²) in [4.78, 5) is 14.7. The molecule has 0 aromatic heterocycles.